The Morgan fingerprint density at radius 2 is 1.08 bits per heavy atom. The Bertz CT molecular complexity index is 902. The largest absolute Gasteiger partial charge is 0.207 e. The fraction of sp³-hybridized carbons (Fsp3) is 0. The molecule has 0 spiro atoms. The summed E-state index contributed by atoms with van der Waals surface area (Å²) in [6.45, 7) is 0. The molecule has 0 saturated carbocycles. The van der Waals surface area contributed by atoms with Crippen molar-refractivity contribution < 1.29 is 22.0 Å². The van der Waals surface area contributed by atoms with E-state index < -0.39 is 34.6 Å². The fourth-order valence-corrected chi connectivity index (χ4v) is 2.45. The second-order valence-corrected chi connectivity index (χ2v) is 5.36. The molecular weight excluding hydrogens is 335 g/mol. The zero-order chi connectivity index (χ0) is 18.0. The van der Waals surface area contributed by atoms with Crippen molar-refractivity contribution in [2.75, 3.05) is 0 Å². The van der Waals surface area contributed by atoms with Crippen LogP contribution >= 0.6 is 0 Å². The molecule has 0 bridgehead atoms. The molecule has 0 heterocycles. The molecule has 0 radical (unpaired) electrons. The van der Waals surface area contributed by atoms with Crippen LogP contribution in [0.25, 0.3) is 11.6 Å². The summed E-state index contributed by atoms with van der Waals surface area (Å²) in [7, 11) is 0. The molecule has 0 aliphatic heterocycles. The summed E-state index contributed by atoms with van der Waals surface area (Å²) in [5, 5.41) is 0. The number of hydrogen-bond acceptors (Lipinski definition) is 0. The normalized spacial score (nSPS) is 11.6. The second-order valence-electron chi connectivity index (χ2n) is 5.36. The van der Waals surface area contributed by atoms with Crippen molar-refractivity contribution in [2.24, 2.45) is 0 Å². The lowest BCUT2D eigenvalue weighted by atomic mass is 9.94. The quantitative estimate of drug-likeness (QED) is 0.405. The minimum atomic E-state index is -1.09. The molecular formula is C20H11F5. The zero-order valence-electron chi connectivity index (χ0n) is 12.7. The van der Waals surface area contributed by atoms with Crippen molar-refractivity contribution in [1.82, 2.24) is 0 Å². The summed E-state index contributed by atoms with van der Waals surface area (Å²) in [6, 6.07) is 11.4. The monoisotopic (exact) mass is 346 g/mol. The summed E-state index contributed by atoms with van der Waals surface area (Å²) in [5.41, 5.74) is 0.443. The van der Waals surface area contributed by atoms with Gasteiger partial charge in [-0.3, -0.25) is 0 Å². The maximum atomic E-state index is 14.2. The van der Waals surface area contributed by atoms with Crippen LogP contribution in [0, 0.1) is 29.1 Å². The SMILES string of the molecule is Fc1ccc(/C=C(\c2ccc(F)cc2)c2c(F)cc(F)cc2F)cc1. The van der Waals surface area contributed by atoms with Crippen molar-refractivity contribution >= 4 is 11.6 Å². The van der Waals surface area contributed by atoms with E-state index in [9.17, 15) is 22.0 Å². The first-order valence-electron chi connectivity index (χ1n) is 7.32. The van der Waals surface area contributed by atoms with E-state index in [0.29, 0.717) is 23.3 Å². The first-order chi connectivity index (χ1) is 11.9. The smallest absolute Gasteiger partial charge is 0.136 e. The Labute approximate surface area is 140 Å². The molecule has 25 heavy (non-hydrogen) atoms. The predicted molar refractivity (Wildman–Crippen MR) is 86.1 cm³/mol. The maximum Gasteiger partial charge on any atom is 0.136 e. The van der Waals surface area contributed by atoms with E-state index in [1.807, 2.05) is 0 Å². The molecule has 0 N–H and O–H groups in total. The van der Waals surface area contributed by atoms with Gasteiger partial charge in [-0.2, -0.15) is 0 Å². The number of benzene rings is 3. The van der Waals surface area contributed by atoms with Crippen LogP contribution in [0.5, 0.6) is 0 Å². The highest BCUT2D eigenvalue weighted by atomic mass is 19.2. The molecule has 0 nitrogen and oxygen atoms in total. The summed E-state index contributed by atoms with van der Waals surface area (Å²) >= 11 is 0. The molecule has 0 fully saturated rings. The number of rotatable bonds is 3. The van der Waals surface area contributed by atoms with E-state index >= 15 is 0 Å². The van der Waals surface area contributed by atoms with Crippen LogP contribution in [0.3, 0.4) is 0 Å². The van der Waals surface area contributed by atoms with Gasteiger partial charge in [0.1, 0.15) is 29.1 Å². The first kappa shape index (κ1) is 16.9. The van der Waals surface area contributed by atoms with E-state index in [1.165, 1.54) is 42.5 Å². The van der Waals surface area contributed by atoms with Crippen LogP contribution in [-0.2, 0) is 0 Å². The van der Waals surface area contributed by atoms with Crippen molar-refractivity contribution in [3.8, 4) is 0 Å². The minimum absolute atomic E-state index is 0.0848. The summed E-state index contributed by atoms with van der Waals surface area (Å²) in [6.07, 6.45) is 1.42. The van der Waals surface area contributed by atoms with E-state index in [2.05, 4.69) is 0 Å². The van der Waals surface area contributed by atoms with E-state index in [4.69, 9.17) is 0 Å². The van der Waals surface area contributed by atoms with E-state index in [-0.39, 0.29) is 5.57 Å². The van der Waals surface area contributed by atoms with Gasteiger partial charge in [-0.1, -0.05) is 24.3 Å². The first-order valence-corrected chi connectivity index (χ1v) is 7.32. The highest BCUT2D eigenvalue weighted by molar-refractivity contribution is 5.91. The lowest BCUT2D eigenvalue weighted by molar-refractivity contribution is 0.539. The van der Waals surface area contributed by atoms with Gasteiger partial charge in [0.25, 0.3) is 0 Å². The molecule has 3 rings (SSSR count). The second kappa shape index (κ2) is 6.89. The van der Waals surface area contributed by atoms with Crippen molar-refractivity contribution in [2.45, 2.75) is 0 Å². The van der Waals surface area contributed by atoms with Gasteiger partial charge in [0.2, 0.25) is 0 Å². The topological polar surface area (TPSA) is 0 Å². The molecule has 0 atom stereocenters. The van der Waals surface area contributed by atoms with Gasteiger partial charge in [0.05, 0.1) is 5.56 Å². The average molecular weight is 346 g/mol. The van der Waals surface area contributed by atoms with Crippen LogP contribution in [0.2, 0.25) is 0 Å². The number of halogens is 5. The van der Waals surface area contributed by atoms with E-state index in [0.717, 1.165) is 12.1 Å². The highest BCUT2D eigenvalue weighted by Crippen LogP contribution is 2.31. The Morgan fingerprint density at radius 3 is 1.60 bits per heavy atom. The Morgan fingerprint density at radius 1 is 0.600 bits per heavy atom. The van der Waals surface area contributed by atoms with Crippen molar-refractivity contribution in [3.63, 3.8) is 0 Å². The molecule has 3 aromatic carbocycles. The summed E-state index contributed by atoms with van der Waals surface area (Å²) < 4.78 is 67.9. The molecule has 5 heteroatoms. The Balaban J connectivity index is 2.22. The number of hydrogen-bond donors (Lipinski definition) is 0. The third kappa shape index (κ3) is 3.76. The van der Waals surface area contributed by atoms with E-state index in [1.54, 1.807) is 0 Å². The Kier molecular flexibility index (Phi) is 4.65. The van der Waals surface area contributed by atoms with Gasteiger partial charge in [0, 0.05) is 12.1 Å². The van der Waals surface area contributed by atoms with Gasteiger partial charge < -0.3 is 0 Å². The van der Waals surface area contributed by atoms with Gasteiger partial charge in [-0.15, -0.1) is 0 Å². The zero-order valence-corrected chi connectivity index (χ0v) is 12.7. The molecule has 0 aliphatic rings. The lowest BCUT2D eigenvalue weighted by Crippen LogP contribution is -1.99. The molecule has 3 aromatic rings. The van der Waals surface area contributed by atoms with Crippen molar-refractivity contribution in [3.05, 3.63) is 106 Å². The summed E-state index contributed by atoms with van der Waals surface area (Å²) in [5.74, 6) is -4.19. The minimum Gasteiger partial charge on any atom is -0.207 e. The van der Waals surface area contributed by atoms with Crippen LogP contribution in [0.1, 0.15) is 16.7 Å². The highest BCUT2D eigenvalue weighted by Gasteiger charge is 2.17. The molecule has 0 unspecified atom stereocenters. The van der Waals surface area contributed by atoms with Crippen LogP contribution in [0.4, 0.5) is 22.0 Å². The third-order valence-corrected chi connectivity index (χ3v) is 3.61. The summed E-state index contributed by atoms with van der Waals surface area (Å²) in [4.78, 5) is 0. The molecule has 126 valence electrons. The molecule has 0 saturated heterocycles. The van der Waals surface area contributed by atoms with Crippen LogP contribution in [-0.4, -0.2) is 0 Å². The van der Waals surface area contributed by atoms with Gasteiger partial charge in [-0.25, -0.2) is 22.0 Å². The van der Waals surface area contributed by atoms with Gasteiger partial charge in [0.15, 0.2) is 0 Å². The molecule has 0 amide bonds. The maximum absolute atomic E-state index is 14.2. The third-order valence-electron chi connectivity index (χ3n) is 3.61. The lowest BCUT2D eigenvalue weighted by Gasteiger charge is -2.12. The van der Waals surface area contributed by atoms with Crippen LogP contribution in [0.15, 0.2) is 60.7 Å². The average Bonchev–Trinajstić information content (AvgIpc) is 2.56. The van der Waals surface area contributed by atoms with Gasteiger partial charge in [-0.05, 0) is 47.0 Å². The predicted octanol–water partition coefficient (Wildman–Crippen LogP) is 5.97. The molecule has 0 aliphatic carbocycles. The standard InChI is InChI=1S/C20H11F5/c21-14-5-1-12(2-6-14)9-17(13-3-7-15(22)8-4-13)20-18(24)10-16(23)11-19(20)25/h1-11H/b17-9+. The molecule has 0 aromatic heterocycles. The van der Waals surface area contributed by atoms with Gasteiger partial charge >= 0.3 is 0 Å². The Hall–Kier alpha value is -2.95. The fourth-order valence-electron chi connectivity index (χ4n) is 2.45. The van der Waals surface area contributed by atoms with Crippen molar-refractivity contribution in [1.29, 1.82) is 0 Å². The van der Waals surface area contributed by atoms with Crippen LogP contribution < -0.4 is 0 Å².